The molecule has 0 radical (unpaired) electrons. The Hall–Kier alpha value is 0.460. The number of nitrogens with zero attached hydrogens (tertiary/aromatic N) is 1. The van der Waals surface area contributed by atoms with Gasteiger partial charge in [-0.15, -0.1) is 0 Å². The van der Waals surface area contributed by atoms with Gasteiger partial charge in [-0.05, 0) is 0 Å². The van der Waals surface area contributed by atoms with Crippen molar-refractivity contribution in [1.82, 2.24) is 0 Å². The van der Waals surface area contributed by atoms with E-state index < -0.39 is 18.9 Å². The average molecular weight is 292 g/mol. The quantitative estimate of drug-likeness (QED) is 0.422. The fraction of sp³-hybridized carbons (Fsp3) is 0.167. The van der Waals surface area contributed by atoms with Crippen LogP contribution in [-0.4, -0.2) is 0 Å². The van der Waals surface area contributed by atoms with E-state index in [-0.39, 0.29) is 0 Å². The van der Waals surface area contributed by atoms with Gasteiger partial charge in [0.15, 0.2) is 12.4 Å². The van der Waals surface area contributed by atoms with Crippen LogP contribution in [0.3, 0.4) is 0 Å². The van der Waals surface area contributed by atoms with Crippen molar-refractivity contribution in [1.29, 1.82) is 0 Å². The van der Waals surface area contributed by atoms with Crippen LogP contribution in [-0.2, 0) is 7.05 Å². The van der Waals surface area contributed by atoms with Gasteiger partial charge in [0, 0.05) is 12.1 Å². The zero-order valence-electron chi connectivity index (χ0n) is 5.47. The molecule has 0 bridgehead atoms. The first kappa shape index (κ1) is 10.5. The zero-order chi connectivity index (χ0) is 7.82. The number of aromatic nitrogens is 1. The van der Waals surface area contributed by atoms with Gasteiger partial charge in [0.2, 0.25) is 0 Å². The van der Waals surface area contributed by atoms with Crippen LogP contribution in [0, 0.1) is 0 Å². The molecular formula is C6H8Cl2IN. The average Bonchev–Trinajstić information content (AvgIpc) is 1.91. The Labute approximate surface area is 78.7 Å². The molecule has 0 unspecified atom stereocenters. The molecule has 0 atom stereocenters. The van der Waals surface area contributed by atoms with Crippen LogP contribution in [0.15, 0.2) is 30.6 Å². The number of rotatable bonds is 0. The summed E-state index contributed by atoms with van der Waals surface area (Å²) >= 11 is -0.466. The molecule has 0 aliphatic carbocycles. The van der Waals surface area contributed by atoms with E-state index in [4.69, 9.17) is 17.8 Å². The van der Waals surface area contributed by atoms with Crippen LogP contribution >= 0.6 is 17.8 Å². The standard InChI is InChI=1S/C6H8N.Cl2I/c1-7-5-3-2-4-6-7;1-3-2/h2-6H,1H3;/q+1;-1. The molecule has 0 saturated carbocycles. The molecule has 1 aromatic rings. The summed E-state index contributed by atoms with van der Waals surface area (Å²) in [5, 5.41) is 0. The molecule has 0 saturated heterocycles. The zero-order valence-corrected chi connectivity index (χ0v) is 9.14. The first-order chi connectivity index (χ1) is 4.81. The van der Waals surface area contributed by atoms with Crippen molar-refractivity contribution in [2.24, 2.45) is 7.05 Å². The number of hydrogen-bond donors (Lipinski definition) is 0. The Balaban J connectivity index is 0.000000236. The molecule has 0 fully saturated rings. The van der Waals surface area contributed by atoms with Gasteiger partial charge in [0.1, 0.15) is 7.05 Å². The fourth-order valence-electron chi connectivity index (χ4n) is 0.485. The summed E-state index contributed by atoms with van der Waals surface area (Å²) in [6.45, 7) is 0. The van der Waals surface area contributed by atoms with Crippen molar-refractivity contribution in [2.75, 3.05) is 0 Å². The Morgan fingerprint density at radius 1 is 1.10 bits per heavy atom. The molecule has 1 rings (SSSR count). The summed E-state index contributed by atoms with van der Waals surface area (Å²) in [5.74, 6) is 0. The molecule has 0 aliphatic rings. The van der Waals surface area contributed by atoms with E-state index in [2.05, 4.69) is 0 Å². The summed E-state index contributed by atoms with van der Waals surface area (Å²) in [6.07, 6.45) is 4.00. The molecule has 0 aromatic carbocycles. The summed E-state index contributed by atoms with van der Waals surface area (Å²) in [5.41, 5.74) is 0. The summed E-state index contributed by atoms with van der Waals surface area (Å²) < 4.78 is 2.00. The summed E-state index contributed by atoms with van der Waals surface area (Å²) in [4.78, 5) is 0. The van der Waals surface area contributed by atoms with E-state index in [1.807, 2.05) is 42.2 Å². The number of halogens is 3. The monoisotopic (exact) mass is 291 g/mol. The first-order valence-corrected chi connectivity index (χ1v) is 8.05. The predicted molar refractivity (Wildman–Crippen MR) is 39.3 cm³/mol. The van der Waals surface area contributed by atoms with E-state index in [1.54, 1.807) is 0 Å². The Bertz CT molecular complexity index is 157. The van der Waals surface area contributed by atoms with Crippen LogP contribution in [0.5, 0.6) is 0 Å². The van der Waals surface area contributed by atoms with Crippen LogP contribution in [0.25, 0.3) is 0 Å². The van der Waals surface area contributed by atoms with Gasteiger partial charge in [-0.1, -0.05) is 6.07 Å². The van der Waals surface area contributed by atoms with Gasteiger partial charge < -0.3 is 0 Å². The van der Waals surface area contributed by atoms with E-state index in [0.717, 1.165) is 0 Å². The van der Waals surface area contributed by atoms with E-state index >= 15 is 0 Å². The van der Waals surface area contributed by atoms with Gasteiger partial charge in [-0.2, -0.15) is 0 Å². The van der Waals surface area contributed by atoms with Crippen molar-refractivity contribution in [3.05, 3.63) is 30.6 Å². The number of hydrogen-bond acceptors (Lipinski definition) is 0. The third-order valence-corrected chi connectivity index (χ3v) is 0.865. The molecule has 58 valence electrons. The maximum absolute atomic E-state index is 4.87. The molecule has 1 aromatic heterocycles. The normalized spacial score (nSPS) is 8.30. The van der Waals surface area contributed by atoms with E-state index in [0.29, 0.717) is 0 Å². The van der Waals surface area contributed by atoms with Crippen LogP contribution < -0.4 is 23.5 Å². The topological polar surface area (TPSA) is 3.88 Å². The minimum absolute atomic E-state index is 0.466. The molecule has 1 nitrogen and oxygen atoms in total. The van der Waals surface area contributed by atoms with E-state index in [1.165, 1.54) is 0 Å². The molecular weight excluding hydrogens is 284 g/mol. The Morgan fingerprint density at radius 2 is 1.50 bits per heavy atom. The second-order valence-electron chi connectivity index (χ2n) is 1.59. The molecule has 10 heavy (non-hydrogen) atoms. The van der Waals surface area contributed by atoms with Gasteiger partial charge in [0.05, 0.1) is 0 Å². The van der Waals surface area contributed by atoms with Crippen molar-refractivity contribution in [3.8, 4) is 0 Å². The predicted octanol–water partition coefficient (Wildman–Crippen LogP) is -1.11. The maximum atomic E-state index is 4.87. The molecule has 1 heterocycles. The van der Waals surface area contributed by atoms with Crippen molar-refractivity contribution in [3.63, 3.8) is 0 Å². The van der Waals surface area contributed by atoms with Gasteiger partial charge in [-0.25, -0.2) is 4.57 Å². The second-order valence-corrected chi connectivity index (χ2v) is 4.80. The molecule has 0 N–H and O–H groups in total. The fourth-order valence-corrected chi connectivity index (χ4v) is 0.485. The Morgan fingerprint density at radius 3 is 1.70 bits per heavy atom. The van der Waals surface area contributed by atoms with Crippen LogP contribution in [0.4, 0.5) is 0 Å². The minimum atomic E-state index is -0.466. The van der Waals surface area contributed by atoms with Gasteiger partial charge in [0.25, 0.3) is 0 Å². The van der Waals surface area contributed by atoms with Crippen LogP contribution in [0.2, 0.25) is 0 Å². The molecule has 0 aliphatic heterocycles. The first-order valence-electron chi connectivity index (χ1n) is 2.58. The molecule has 0 amide bonds. The Kier molecular flexibility index (Phi) is 7.91. The summed E-state index contributed by atoms with van der Waals surface area (Å²) in [6, 6.07) is 6.00. The third kappa shape index (κ3) is 6.58. The van der Waals surface area contributed by atoms with Crippen molar-refractivity contribution >= 4 is 17.8 Å². The van der Waals surface area contributed by atoms with E-state index in [9.17, 15) is 0 Å². The van der Waals surface area contributed by atoms with Crippen molar-refractivity contribution in [2.45, 2.75) is 0 Å². The van der Waals surface area contributed by atoms with Crippen LogP contribution in [0.1, 0.15) is 0 Å². The number of pyridine rings is 1. The summed E-state index contributed by atoms with van der Waals surface area (Å²) in [7, 11) is 11.7. The van der Waals surface area contributed by atoms with Gasteiger partial charge in [-0.3, -0.25) is 0 Å². The molecule has 0 spiro atoms. The second kappa shape index (κ2) is 7.57. The van der Waals surface area contributed by atoms with Gasteiger partial charge >= 0.3 is 36.8 Å². The number of aryl methyl sites for hydroxylation is 1. The molecule has 4 heteroatoms. The third-order valence-electron chi connectivity index (χ3n) is 0.865. The van der Waals surface area contributed by atoms with Crippen molar-refractivity contribution < 1.29 is 23.5 Å². The SMILES string of the molecule is C[n+]1ccccc1.Cl[I-]Cl.